The summed E-state index contributed by atoms with van der Waals surface area (Å²) in [5, 5.41) is 0. The van der Waals surface area contributed by atoms with Crippen LogP contribution in [0.25, 0.3) is 0 Å². The van der Waals surface area contributed by atoms with Gasteiger partial charge in [-0.05, 0) is 44.7 Å². The third kappa shape index (κ3) is 5.03. The molecule has 6 nitrogen and oxygen atoms in total. The molecule has 0 saturated heterocycles. The van der Waals surface area contributed by atoms with Crippen LogP contribution in [0.1, 0.15) is 42.4 Å². The predicted molar refractivity (Wildman–Crippen MR) is 99.6 cm³/mol. The second-order valence-corrected chi connectivity index (χ2v) is 10.6. The van der Waals surface area contributed by atoms with Gasteiger partial charge in [0.15, 0.2) is 0 Å². The third-order valence-corrected chi connectivity index (χ3v) is 7.75. The van der Waals surface area contributed by atoms with E-state index < -0.39 is 20.0 Å². The van der Waals surface area contributed by atoms with Gasteiger partial charge < -0.3 is 0 Å². The number of benzene rings is 1. The van der Waals surface area contributed by atoms with E-state index in [0.29, 0.717) is 11.1 Å². The summed E-state index contributed by atoms with van der Waals surface area (Å²) in [5.41, 5.74) is 2.40. The number of rotatable bonds is 7. The minimum absolute atomic E-state index is 0.0117. The van der Waals surface area contributed by atoms with Crippen LogP contribution in [0.15, 0.2) is 17.0 Å². The highest BCUT2D eigenvalue weighted by molar-refractivity contribution is 7.89. The Labute approximate surface area is 151 Å². The van der Waals surface area contributed by atoms with E-state index >= 15 is 0 Å². The average molecular weight is 389 g/mol. The fourth-order valence-electron chi connectivity index (χ4n) is 3.76. The fraction of sp³-hybridized carbons (Fsp3) is 0.647. The molecule has 0 bridgehead atoms. The molecule has 1 aromatic carbocycles. The highest BCUT2D eigenvalue weighted by Gasteiger charge is 2.29. The Hall–Kier alpha value is -0.960. The quantitative estimate of drug-likeness (QED) is 0.775. The Balaban J connectivity index is 2.11. The lowest BCUT2D eigenvalue weighted by Gasteiger charge is -2.26. The first-order valence-electron chi connectivity index (χ1n) is 8.56. The first kappa shape index (κ1) is 20.4. The van der Waals surface area contributed by atoms with Crippen LogP contribution in [0, 0.1) is 20.8 Å². The van der Waals surface area contributed by atoms with Gasteiger partial charge >= 0.3 is 0 Å². The summed E-state index contributed by atoms with van der Waals surface area (Å²) in [6, 6.07) is 3.66. The molecule has 1 fully saturated rings. The minimum atomic E-state index is -3.67. The second kappa shape index (κ2) is 7.73. The minimum Gasteiger partial charge on any atom is -0.212 e. The zero-order valence-corrected chi connectivity index (χ0v) is 17.0. The van der Waals surface area contributed by atoms with Crippen LogP contribution in [0.2, 0.25) is 0 Å². The van der Waals surface area contributed by atoms with Crippen LogP contribution in [0.4, 0.5) is 0 Å². The Bertz CT molecular complexity index is 803. The highest BCUT2D eigenvalue weighted by Crippen LogP contribution is 2.25. The summed E-state index contributed by atoms with van der Waals surface area (Å²) in [7, 11) is -7.03. The van der Waals surface area contributed by atoms with E-state index in [0.717, 1.165) is 31.2 Å². The number of sulfonamides is 2. The molecule has 0 spiro atoms. The van der Waals surface area contributed by atoms with Crippen molar-refractivity contribution < 1.29 is 16.8 Å². The van der Waals surface area contributed by atoms with Crippen LogP contribution in [-0.4, -0.2) is 46.5 Å². The fourth-order valence-corrected chi connectivity index (χ4v) is 6.41. The number of aryl methyl sites for hydroxylation is 3. The maximum absolute atomic E-state index is 12.7. The first-order chi connectivity index (χ1) is 11.5. The standard InChI is InChI=1S/C17H28N2O4S2/c1-13-11-14(2)17(15(3)12-13)25(22,23)18-9-10-19(24(4,20)21)16-7-5-6-8-16/h11-12,16,18H,5-10H2,1-4H3. The molecule has 1 aliphatic carbocycles. The molecule has 25 heavy (non-hydrogen) atoms. The maximum atomic E-state index is 12.7. The number of hydrogen-bond donors (Lipinski definition) is 1. The van der Waals surface area contributed by atoms with Crippen molar-refractivity contribution in [3.05, 3.63) is 28.8 Å². The Morgan fingerprint density at radius 2 is 1.56 bits per heavy atom. The molecule has 0 atom stereocenters. The summed E-state index contributed by atoms with van der Waals surface area (Å²) in [4.78, 5) is 0.282. The molecule has 0 aliphatic heterocycles. The first-order valence-corrected chi connectivity index (χ1v) is 11.9. The van der Waals surface area contributed by atoms with Gasteiger partial charge in [0.25, 0.3) is 0 Å². The van der Waals surface area contributed by atoms with Crippen LogP contribution < -0.4 is 4.72 Å². The Morgan fingerprint density at radius 1 is 1.04 bits per heavy atom. The molecule has 0 heterocycles. The average Bonchev–Trinajstić information content (AvgIpc) is 2.94. The highest BCUT2D eigenvalue weighted by atomic mass is 32.2. The molecular formula is C17H28N2O4S2. The SMILES string of the molecule is Cc1cc(C)c(S(=O)(=O)NCCN(C2CCCC2)S(C)(=O)=O)c(C)c1. The third-order valence-electron chi connectivity index (χ3n) is 4.66. The molecule has 0 aromatic heterocycles. The Morgan fingerprint density at radius 3 is 2.04 bits per heavy atom. The van der Waals surface area contributed by atoms with Gasteiger partial charge in [-0.1, -0.05) is 30.5 Å². The molecular weight excluding hydrogens is 360 g/mol. The van der Waals surface area contributed by atoms with Gasteiger partial charge in [0, 0.05) is 19.1 Å². The van der Waals surface area contributed by atoms with Crippen LogP contribution in [-0.2, 0) is 20.0 Å². The van der Waals surface area contributed by atoms with E-state index in [9.17, 15) is 16.8 Å². The topological polar surface area (TPSA) is 83.6 Å². The molecule has 8 heteroatoms. The summed E-state index contributed by atoms with van der Waals surface area (Å²) in [6.07, 6.45) is 4.91. The molecule has 1 aromatic rings. The van der Waals surface area contributed by atoms with E-state index in [-0.39, 0.29) is 24.0 Å². The zero-order chi connectivity index (χ0) is 18.8. The number of nitrogens with one attached hydrogen (secondary N) is 1. The molecule has 2 rings (SSSR count). The lowest BCUT2D eigenvalue weighted by Crippen LogP contribution is -2.43. The largest absolute Gasteiger partial charge is 0.241 e. The molecule has 1 aliphatic rings. The summed E-state index contributed by atoms with van der Waals surface area (Å²) in [5.74, 6) is 0. The molecule has 0 unspecified atom stereocenters. The van der Waals surface area contributed by atoms with Gasteiger partial charge in [0.1, 0.15) is 0 Å². The van der Waals surface area contributed by atoms with E-state index in [4.69, 9.17) is 0 Å². The van der Waals surface area contributed by atoms with Crippen LogP contribution in [0.5, 0.6) is 0 Å². The molecule has 1 N–H and O–H groups in total. The van der Waals surface area contributed by atoms with Crippen molar-refractivity contribution in [2.24, 2.45) is 0 Å². The van der Waals surface area contributed by atoms with Crippen molar-refractivity contribution >= 4 is 20.0 Å². The van der Waals surface area contributed by atoms with Crippen molar-refractivity contribution in [3.8, 4) is 0 Å². The van der Waals surface area contributed by atoms with E-state index in [2.05, 4.69) is 4.72 Å². The normalized spacial score (nSPS) is 16.7. The van der Waals surface area contributed by atoms with Crippen LogP contribution >= 0.6 is 0 Å². The number of nitrogens with zero attached hydrogens (tertiary/aromatic N) is 1. The van der Waals surface area contributed by atoms with Gasteiger partial charge in [-0.15, -0.1) is 0 Å². The number of hydrogen-bond acceptors (Lipinski definition) is 4. The van der Waals surface area contributed by atoms with E-state index in [1.165, 1.54) is 10.6 Å². The lowest BCUT2D eigenvalue weighted by atomic mass is 10.1. The monoisotopic (exact) mass is 388 g/mol. The molecule has 0 amide bonds. The van der Waals surface area contributed by atoms with E-state index in [1.54, 1.807) is 13.8 Å². The van der Waals surface area contributed by atoms with Crippen molar-refractivity contribution in [1.82, 2.24) is 9.03 Å². The molecule has 1 saturated carbocycles. The van der Waals surface area contributed by atoms with Crippen molar-refractivity contribution in [3.63, 3.8) is 0 Å². The second-order valence-electron chi connectivity index (χ2n) is 6.94. The van der Waals surface area contributed by atoms with Gasteiger partial charge in [0.2, 0.25) is 20.0 Å². The van der Waals surface area contributed by atoms with Gasteiger partial charge in [-0.25, -0.2) is 21.6 Å². The Kier molecular flexibility index (Phi) is 6.30. The summed E-state index contributed by atoms with van der Waals surface area (Å²) < 4.78 is 53.4. The van der Waals surface area contributed by atoms with Crippen molar-refractivity contribution in [2.75, 3.05) is 19.3 Å². The van der Waals surface area contributed by atoms with Gasteiger partial charge in [-0.2, -0.15) is 4.31 Å². The van der Waals surface area contributed by atoms with Gasteiger partial charge in [-0.3, -0.25) is 0 Å². The van der Waals surface area contributed by atoms with Crippen molar-refractivity contribution in [1.29, 1.82) is 0 Å². The van der Waals surface area contributed by atoms with Gasteiger partial charge in [0.05, 0.1) is 11.2 Å². The van der Waals surface area contributed by atoms with E-state index in [1.807, 2.05) is 19.1 Å². The predicted octanol–water partition coefficient (Wildman–Crippen LogP) is 2.09. The summed E-state index contributed by atoms with van der Waals surface area (Å²) in [6.45, 7) is 5.70. The molecule has 142 valence electrons. The maximum Gasteiger partial charge on any atom is 0.241 e. The van der Waals surface area contributed by atoms with Crippen molar-refractivity contribution in [2.45, 2.75) is 57.4 Å². The molecule has 0 radical (unpaired) electrons. The smallest absolute Gasteiger partial charge is 0.212 e. The van der Waals surface area contributed by atoms with Crippen LogP contribution in [0.3, 0.4) is 0 Å². The lowest BCUT2D eigenvalue weighted by molar-refractivity contribution is 0.328. The zero-order valence-electron chi connectivity index (χ0n) is 15.4. The summed E-state index contributed by atoms with van der Waals surface area (Å²) >= 11 is 0.